The minimum absolute atomic E-state index is 0.630. The van der Waals surface area contributed by atoms with Crippen molar-refractivity contribution in [1.29, 1.82) is 0 Å². The molecule has 1 saturated carbocycles. The molecule has 0 spiro atoms. The normalized spacial score (nSPS) is 28.1. The second kappa shape index (κ2) is 6.93. The summed E-state index contributed by atoms with van der Waals surface area (Å²) in [5, 5.41) is 3.84. The Labute approximate surface area is 129 Å². The van der Waals surface area contributed by atoms with Crippen LogP contribution in [0.4, 0.5) is 0 Å². The van der Waals surface area contributed by atoms with Crippen molar-refractivity contribution in [3.8, 4) is 0 Å². The Morgan fingerprint density at radius 1 is 1.14 bits per heavy atom. The molecule has 1 unspecified atom stereocenters. The maximum atomic E-state index is 3.84. The molecule has 1 aromatic rings. The number of hydrogen-bond donors (Lipinski definition) is 1. The van der Waals surface area contributed by atoms with Gasteiger partial charge in [-0.2, -0.15) is 0 Å². The second-order valence-corrected chi connectivity index (χ2v) is 7.15. The summed E-state index contributed by atoms with van der Waals surface area (Å²) in [7, 11) is 0. The fourth-order valence-corrected chi connectivity index (χ4v) is 4.04. The number of piperidine rings is 1. The zero-order chi connectivity index (χ0) is 14.7. The summed E-state index contributed by atoms with van der Waals surface area (Å²) < 4.78 is 0. The van der Waals surface area contributed by atoms with E-state index in [0.29, 0.717) is 6.04 Å². The number of aryl methyl sites for hydroxylation is 1. The topological polar surface area (TPSA) is 15.3 Å². The van der Waals surface area contributed by atoms with Gasteiger partial charge in [0, 0.05) is 18.6 Å². The van der Waals surface area contributed by atoms with Gasteiger partial charge in [-0.3, -0.25) is 0 Å². The van der Waals surface area contributed by atoms with Gasteiger partial charge in [-0.25, -0.2) is 0 Å². The summed E-state index contributed by atoms with van der Waals surface area (Å²) in [6.07, 6.45) is 6.85. The highest BCUT2D eigenvalue weighted by Crippen LogP contribution is 2.38. The van der Waals surface area contributed by atoms with Crippen LogP contribution in [0.25, 0.3) is 0 Å². The molecular weight excluding hydrogens is 256 g/mol. The van der Waals surface area contributed by atoms with Gasteiger partial charge in [0.1, 0.15) is 0 Å². The van der Waals surface area contributed by atoms with E-state index in [0.717, 1.165) is 12.0 Å². The molecule has 1 heterocycles. The molecule has 21 heavy (non-hydrogen) atoms. The maximum Gasteiger partial charge on any atom is 0.0169 e. The Morgan fingerprint density at radius 2 is 1.86 bits per heavy atom. The lowest BCUT2D eigenvalue weighted by Crippen LogP contribution is -2.49. The van der Waals surface area contributed by atoms with Gasteiger partial charge in [-0.15, -0.1) is 0 Å². The summed E-state index contributed by atoms with van der Waals surface area (Å²) >= 11 is 0. The molecule has 0 bridgehead atoms. The minimum atomic E-state index is 0.630. The summed E-state index contributed by atoms with van der Waals surface area (Å²) in [4.78, 5) is 2.64. The molecule has 3 rings (SSSR count). The molecule has 1 aliphatic heterocycles. The largest absolute Gasteiger partial charge is 0.310 e. The van der Waals surface area contributed by atoms with Crippen molar-refractivity contribution < 1.29 is 0 Å². The number of benzene rings is 1. The van der Waals surface area contributed by atoms with Crippen LogP contribution < -0.4 is 5.32 Å². The fourth-order valence-electron chi connectivity index (χ4n) is 4.04. The van der Waals surface area contributed by atoms with Crippen molar-refractivity contribution in [3.63, 3.8) is 0 Å². The zero-order valence-electron chi connectivity index (χ0n) is 13.6. The Balaban J connectivity index is 1.41. The fraction of sp³-hybridized carbons (Fsp3) is 0.684. The van der Waals surface area contributed by atoms with E-state index in [2.05, 4.69) is 48.3 Å². The molecule has 1 aliphatic carbocycles. The van der Waals surface area contributed by atoms with Gasteiger partial charge in [0.25, 0.3) is 0 Å². The molecule has 116 valence electrons. The molecule has 1 saturated heterocycles. The third-order valence-corrected chi connectivity index (χ3v) is 5.27. The number of nitrogens with zero attached hydrogens (tertiary/aromatic N) is 1. The van der Waals surface area contributed by atoms with Gasteiger partial charge < -0.3 is 10.2 Å². The van der Waals surface area contributed by atoms with Gasteiger partial charge in [0.15, 0.2) is 0 Å². The summed E-state index contributed by atoms with van der Waals surface area (Å²) in [6, 6.07) is 10.2. The van der Waals surface area contributed by atoms with Gasteiger partial charge >= 0.3 is 0 Å². The molecule has 0 amide bonds. The molecular formula is C19H30N2. The van der Waals surface area contributed by atoms with Crippen molar-refractivity contribution in [2.45, 2.75) is 64.0 Å². The van der Waals surface area contributed by atoms with Crippen LogP contribution in [0.5, 0.6) is 0 Å². The summed E-state index contributed by atoms with van der Waals surface area (Å²) in [5.41, 5.74) is 3.03. The third kappa shape index (κ3) is 3.87. The van der Waals surface area contributed by atoms with E-state index >= 15 is 0 Å². The monoisotopic (exact) mass is 286 g/mol. The number of likely N-dealkylation sites (tertiary alicyclic amines) is 1. The van der Waals surface area contributed by atoms with Crippen LogP contribution in [-0.2, 0) is 0 Å². The van der Waals surface area contributed by atoms with Crippen molar-refractivity contribution in [2.75, 3.05) is 19.6 Å². The molecule has 2 aliphatic rings. The molecule has 1 aromatic carbocycles. The predicted molar refractivity (Wildman–Crippen MR) is 89.8 cm³/mol. The third-order valence-electron chi connectivity index (χ3n) is 5.27. The van der Waals surface area contributed by atoms with E-state index in [1.807, 2.05) is 0 Å². The highest BCUT2D eigenvalue weighted by Gasteiger charge is 2.31. The summed E-state index contributed by atoms with van der Waals surface area (Å²) in [5.74, 6) is 0.783. The van der Waals surface area contributed by atoms with Crippen LogP contribution in [0.3, 0.4) is 0 Å². The molecule has 2 fully saturated rings. The molecule has 2 heteroatoms. The standard InChI is InChI=1S/C19H30N2/c1-15-8-4-5-9-19(15)17-12-18(13-17)20-16(2)14-21-10-6-3-7-11-21/h4-5,8-9,16-18,20H,3,6-7,10-14H2,1-2H3. The molecule has 0 aromatic heterocycles. The number of hydrogen-bond acceptors (Lipinski definition) is 2. The summed E-state index contributed by atoms with van der Waals surface area (Å²) in [6.45, 7) is 8.45. The van der Waals surface area contributed by atoms with Crippen molar-refractivity contribution in [2.24, 2.45) is 0 Å². The second-order valence-electron chi connectivity index (χ2n) is 7.15. The Hall–Kier alpha value is -0.860. The first kappa shape index (κ1) is 15.1. The first-order valence-corrected chi connectivity index (χ1v) is 8.76. The molecule has 0 radical (unpaired) electrons. The average Bonchev–Trinajstić information content (AvgIpc) is 2.45. The van der Waals surface area contributed by atoms with Crippen LogP contribution in [0, 0.1) is 6.92 Å². The van der Waals surface area contributed by atoms with Gasteiger partial charge in [0.2, 0.25) is 0 Å². The highest BCUT2D eigenvalue weighted by molar-refractivity contribution is 5.31. The Kier molecular flexibility index (Phi) is 4.97. The number of rotatable bonds is 5. The van der Waals surface area contributed by atoms with Crippen molar-refractivity contribution >= 4 is 0 Å². The minimum Gasteiger partial charge on any atom is -0.310 e. The van der Waals surface area contributed by atoms with Crippen LogP contribution in [0.15, 0.2) is 24.3 Å². The van der Waals surface area contributed by atoms with E-state index < -0.39 is 0 Å². The number of nitrogens with one attached hydrogen (secondary N) is 1. The smallest absolute Gasteiger partial charge is 0.0169 e. The first-order valence-electron chi connectivity index (χ1n) is 8.76. The zero-order valence-corrected chi connectivity index (χ0v) is 13.6. The van der Waals surface area contributed by atoms with Crippen LogP contribution in [-0.4, -0.2) is 36.6 Å². The SMILES string of the molecule is Cc1ccccc1C1CC(NC(C)CN2CCCCC2)C1. The lowest BCUT2D eigenvalue weighted by Gasteiger charge is -2.40. The van der Waals surface area contributed by atoms with Crippen LogP contribution >= 0.6 is 0 Å². The van der Waals surface area contributed by atoms with Gasteiger partial charge in [-0.05, 0) is 69.7 Å². The first-order chi connectivity index (χ1) is 10.2. The van der Waals surface area contributed by atoms with E-state index in [-0.39, 0.29) is 0 Å². The van der Waals surface area contributed by atoms with E-state index in [9.17, 15) is 0 Å². The molecule has 2 nitrogen and oxygen atoms in total. The average molecular weight is 286 g/mol. The lowest BCUT2D eigenvalue weighted by atomic mass is 9.74. The predicted octanol–water partition coefficient (Wildman–Crippen LogP) is 3.71. The highest BCUT2D eigenvalue weighted by atomic mass is 15.2. The Morgan fingerprint density at radius 3 is 2.57 bits per heavy atom. The van der Waals surface area contributed by atoms with E-state index in [1.165, 1.54) is 57.3 Å². The maximum absolute atomic E-state index is 3.84. The lowest BCUT2D eigenvalue weighted by molar-refractivity contribution is 0.187. The van der Waals surface area contributed by atoms with Crippen LogP contribution in [0.1, 0.15) is 56.1 Å². The van der Waals surface area contributed by atoms with Crippen molar-refractivity contribution in [1.82, 2.24) is 10.2 Å². The molecule has 1 N–H and O–H groups in total. The Bertz CT molecular complexity index is 445. The van der Waals surface area contributed by atoms with Gasteiger partial charge in [0.05, 0.1) is 0 Å². The van der Waals surface area contributed by atoms with E-state index in [1.54, 1.807) is 5.56 Å². The molecule has 1 atom stereocenters. The van der Waals surface area contributed by atoms with Crippen LogP contribution in [0.2, 0.25) is 0 Å². The quantitative estimate of drug-likeness (QED) is 0.888. The van der Waals surface area contributed by atoms with Gasteiger partial charge in [-0.1, -0.05) is 30.7 Å². The van der Waals surface area contributed by atoms with E-state index in [4.69, 9.17) is 0 Å². The van der Waals surface area contributed by atoms with Crippen molar-refractivity contribution in [3.05, 3.63) is 35.4 Å².